The highest BCUT2D eigenvalue weighted by molar-refractivity contribution is 7.92. The highest BCUT2D eigenvalue weighted by Crippen LogP contribution is 2.29. The second-order valence-corrected chi connectivity index (χ2v) is 11.8. The van der Waals surface area contributed by atoms with Crippen LogP contribution in [-0.4, -0.2) is 44.3 Å². The third-order valence-corrected chi connectivity index (χ3v) is 8.29. The maximum atomic E-state index is 13.4. The lowest BCUT2D eigenvalue weighted by molar-refractivity contribution is -0.137. The van der Waals surface area contributed by atoms with Gasteiger partial charge >= 0.3 is 6.18 Å². The molecular weight excluding hydrogens is 567 g/mol. The molecule has 42 heavy (non-hydrogen) atoms. The van der Waals surface area contributed by atoms with Gasteiger partial charge in [-0.1, -0.05) is 61.2 Å². The van der Waals surface area contributed by atoms with Gasteiger partial charge in [0.15, 0.2) is 0 Å². The zero-order valence-electron chi connectivity index (χ0n) is 22.8. The molecule has 1 saturated heterocycles. The fourth-order valence-corrected chi connectivity index (χ4v) is 5.49. The van der Waals surface area contributed by atoms with Crippen molar-refractivity contribution < 1.29 is 31.2 Å². The summed E-state index contributed by atoms with van der Waals surface area (Å²) in [5.41, 5.74) is 1.80. The number of amides is 2. The van der Waals surface area contributed by atoms with Crippen molar-refractivity contribution in [3.05, 3.63) is 119 Å². The smallest absolute Gasteiger partial charge is 0.351 e. The van der Waals surface area contributed by atoms with Crippen molar-refractivity contribution in [3.63, 3.8) is 0 Å². The van der Waals surface area contributed by atoms with Gasteiger partial charge in [0.1, 0.15) is 0 Å². The van der Waals surface area contributed by atoms with Gasteiger partial charge in [-0.2, -0.15) is 13.2 Å². The summed E-state index contributed by atoms with van der Waals surface area (Å²) in [6.07, 6.45) is -2.64. The Hall–Kier alpha value is -3.96. The van der Waals surface area contributed by atoms with Gasteiger partial charge in [-0.15, -0.1) is 0 Å². The van der Waals surface area contributed by atoms with Crippen molar-refractivity contribution in [2.24, 2.45) is 0 Å². The molecule has 2 amide bonds. The number of hydrogen-bond acceptors (Lipinski definition) is 4. The number of carbonyl (C=O) groups is 2. The number of sulfonamides is 1. The van der Waals surface area contributed by atoms with Crippen LogP contribution < -0.4 is 10.0 Å². The van der Waals surface area contributed by atoms with Crippen molar-refractivity contribution in [1.82, 2.24) is 14.9 Å². The summed E-state index contributed by atoms with van der Waals surface area (Å²) in [6.45, 7) is 3.94. The van der Waals surface area contributed by atoms with Crippen molar-refractivity contribution in [1.29, 1.82) is 0 Å². The molecule has 1 heterocycles. The topological polar surface area (TPSA) is 95.6 Å². The Morgan fingerprint density at radius 1 is 0.976 bits per heavy atom. The summed E-state index contributed by atoms with van der Waals surface area (Å²) in [4.78, 5) is 28.3. The molecule has 2 unspecified atom stereocenters. The van der Waals surface area contributed by atoms with Crippen LogP contribution in [0, 0.1) is 0 Å². The van der Waals surface area contributed by atoms with E-state index in [1.807, 2.05) is 30.3 Å². The summed E-state index contributed by atoms with van der Waals surface area (Å²) in [5, 5.41) is 3.67. The lowest BCUT2D eigenvalue weighted by Gasteiger charge is -2.25. The highest BCUT2D eigenvalue weighted by Gasteiger charge is 2.31. The first-order valence-corrected chi connectivity index (χ1v) is 15.0. The molecular formula is C31H32F3N3O4S. The summed E-state index contributed by atoms with van der Waals surface area (Å²) in [6, 6.07) is 20.5. The van der Waals surface area contributed by atoms with Crippen LogP contribution in [0.1, 0.15) is 51.4 Å². The number of nitrogens with one attached hydrogen (secondary N) is 2. The fourth-order valence-electron chi connectivity index (χ4n) is 4.95. The Labute approximate surface area is 243 Å². The Morgan fingerprint density at radius 2 is 1.64 bits per heavy atom. The highest BCUT2D eigenvalue weighted by atomic mass is 32.2. The number of carbonyl (C=O) groups excluding carboxylic acids is 2. The molecule has 0 aromatic heterocycles. The first-order valence-electron chi connectivity index (χ1n) is 13.5. The average Bonchev–Trinajstić information content (AvgIpc) is 3.46. The van der Waals surface area contributed by atoms with E-state index in [1.165, 1.54) is 12.1 Å². The van der Waals surface area contributed by atoms with Crippen LogP contribution in [0.25, 0.3) is 0 Å². The molecule has 7 nitrogen and oxygen atoms in total. The molecule has 4 rings (SSSR count). The summed E-state index contributed by atoms with van der Waals surface area (Å²) in [5.74, 6) is -1.14. The SMILES string of the molecule is C=CS(=O)(=O)NCC1CCCN1C(=O)c1ccc(C(Cc2ccccc2)C(=O)NCc2ccc(C(F)(F)F)cc2)cc1. The third kappa shape index (κ3) is 8.07. The molecule has 222 valence electrons. The molecule has 1 fully saturated rings. The molecule has 2 atom stereocenters. The van der Waals surface area contributed by atoms with Crippen LogP contribution in [0.4, 0.5) is 13.2 Å². The number of alkyl halides is 3. The first-order chi connectivity index (χ1) is 20.0. The quantitative estimate of drug-likeness (QED) is 0.324. The van der Waals surface area contributed by atoms with E-state index in [2.05, 4.69) is 16.6 Å². The molecule has 1 aliphatic heterocycles. The van der Waals surface area contributed by atoms with E-state index in [1.54, 1.807) is 29.2 Å². The van der Waals surface area contributed by atoms with Gasteiger partial charge in [0.05, 0.1) is 11.5 Å². The minimum absolute atomic E-state index is 0.0603. The number of rotatable bonds is 11. The number of likely N-dealkylation sites (tertiary alicyclic amines) is 1. The monoisotopic (exact) mass is 599 g/mol. The van der Waals surface area contributed by atoms with E-state index >= 15 is 0 Å². The molecule has 2 N–H and O–H groups in total. The summed E-state index contributed by atoms with van der Waals surface area (Å²) >= 11 is 0. The van der Waals surface area contributed by atoms with E-state index in [0.717, 1.165) is 29.5 Å². The number of hydrogen-bond donors (Lipinski definition) is 2. The zero-order valence-corrected chi connectivity index (χ0v) is 23.6. The number of benzene rings is 3. The number of halogens is 3. The van der Waals surface area contributed by atoms with E-state index < -0.39 is 27.7 Å². The maximum Gasteiger partial charge on any atom is 0.416 e. The molecule has 0 radical (unpaired) electrons. The predicted molar refractivity (Wildman–Crippen MR) is 154 cm³/mol. The second-order valence-electron chi connectivity index (χ2n) is 10.1. The molecule has 0 aliphatic carbocycles. The zero-order chi connectivity index (χ0) is 30.3. The lowest BCUT2D eigenvalue weighted by atomic mass is 9.90. The van der Waals surface area contributed by atoms with Gasteiger partial charge in [0.25, 0.3) is 5.91 Å². The van der Waals surface area contributed by atoms with Gasteiger partial charge < -0.3 is 10.2 Å². The Balaban J connectivity index is 1.47. The molecule has 3 aromatic carbocycles. The molecule has 0 saturated carbocycles. The first kappa shape index (κ1) is 31.0. The molecule has 3 aromatic rings. The molecule has 0 bridgehead atoms. The molecule has 0 spiro atoms. The van der Waals surface area contributed by atoms with Gasteiger partial charge in [0, 0.05) is 36.6 Å². The average molecular weight is 600 g/mol. The lowest BCUT2D eigenvalue weighted by Crippen LogP contribution is -2.42. The standard InChI is InChI=1S/C31H32F3N3O4S/c1-2-42(40,41)36-21-27-9-6-18-37(27)30(39)25-14-12-24(13-15-25)28(19-22-7-4-3-5-8-22)29(38)35-20-23-10-16-26(17-11-23)31(32,33)34/h2-5,7-8,10-17,27-28,36H,1,6,9,18-21H2,(H,35,38). The minimum Gasteiger partial charge on any atom is -0.351 e. The number of nitrogens with zero attached hydrogens (tertiary/aromatic N) is 1. The van der Waals surface area contributed by atoms with Crippen LogP contribution in [0.3, 0.4) is 0 Å². The predicted octanol–water partition coefficient (Wildman–Crippen LogP) is 5.02. The minimum atomic E-state index is -4.44. The van der Waals surface area contributed by atoms with E-state index in [4.69, 9.17) is 0 Å². The van der Waals surface area contributed by atoms with E-state index in [-0.39, 0.29) is 30.9 Å². The van der Waals surface area contributed by atoms with Crippen LogP contribution in [0.15, 0.2) is 90.8 Å². The van der Waals surface area contributed by atoms with Crippen LogP contribution in [-0.2, 0) is 34.0 Å². The molecule has 11 heteroatoms. The Kier molecular flexibility index (Phi) is 9.85. The van der Waals surface area contributed by atoms with E-state index in [0.29, 0.717) is 36.1 Å². The normalized spacial score (nSPS) is 16.2. The van der Waals surface area contributed by atoms with E-state index in [9.17, 15) is 31.2 Å². The van der Waals surface area contributed by atoms with Crippen molar-refractivity contribution in [2.75, 3.05) is 13.1 Å². The van der Waals surface area contributed by atoms with Gasteiger partial charge in [-0.05, 0) is 60.2 Å². The fraction of sp³-hybridized carbons (Fsp3) is 0.290. The molecule has 1 aliphatic rings. The summed E-state index contributed by atoms with van der Waals surface area (Å²) in [7, 11) is -3.61. The van der Waals surface area contributed by atoms with Gasteiger partial charge in [-0.3, -0.25) is 9.59 Å². The maximum absolute atomic E-state index is 13.4. The third-order valence-electron chi connectivity index (χ3n) is 7.28. The van der Waals surface area contributed by atoms with Crippen LogP contribution in [0.5, 0.6) is 0 Å². The second kappa shape index (κ2) is 13.3. The Morgan fingerprint density at radius 3 is 2.26 bits per heavy atom. The summed E-state index contributed by atoms with van der Waals surface area (Å²) < 4.78 is 64.6. The van der Waals surface area contributed by atoms with Crippen molar-refractivity contribution in [2.45, 2.75) is 43.9 Å². The van der Waals surface area contributed by atoms with Crippen molar-refractivity contribution in [3.8, 4) is 0 Å². The van der Waals surface area contributed by atoms with Gasteiger partial charge in [-0.25, -0.2) is 13.1 Å². The van der Waals surface area contributed by atoms with Crippen molar-refractivity contribution >= 4 is 21.8 Å². The van der Waals surface area contributed by atoms with Crippen LogP contribution >= 0.6 is 0 Å². The Bertz CT molecular complexity index is 1490. The van der Waals surface area contributed by atoms with Crippen LogP contribution in [0.2, 0.25) is 0 Å². The largest absolute Gasteiger partial charge is 0.416 e. The van der Waals surface area contributed by atoms with Gasteiger partial charge in [0.2, 0.25) is 15.9 Å².